The second-order valence-electron chi connectivity index (χ2n) is 5.56. The monoisotopic (exact) mass is 475 g/mol. The van der Waals surface area contributed by atoms with Crippen molar-refractivity contribution in [3.8, 4) is 28.4 Å². The topological polar surface area (TPSA) is 71.6 Å². The van der Waals surface area contributed by atoms with E-state index in [-0.39, 0.29) is 71.3 Å². The molecule has 0 aliphatic carbocycles. The fraction of sp³-hybridized carbons (Fsp3) is 0.211. The van der Waals surface area contributed by atoms with Crippen LogP contribution in [0.2, 0.25) is 0 Å². The van der Waals surface area contributed by atoms with Gasteiger partial charge in [0, 0.05) is 23.4 Å². The van der Waals surface area contributed by atoms with Crippen molar-refractivity contribution in [3.63, 3.8) is 0 Å². The van der Waals surface area contributed by atoms with Crippen LogP contribution in [0, 0.1) is 5.82 Å². The first kappa shape index (κ1) is 29.6. The van der Waals surface area contributed by atoms with Gasteiger partial charge >= 0.3 is 17.4 Å². The molecule has 10 heteroatoms. The Balaban J connectivity index is 0. The fourth-order valence-corrected chi connectivity index (χ4v) is 2.70. The van der Waals surface area contributed by atoms with Gasteiger partial charge in [0.1, 0.15) is 23.1 Å². The minimum absolute atomic E-state index is 0. The minimum atomic E-state index is -0.625. The first-order valence-electron chi connectivity index (χ1n) is 7.91. The number of benzene rings is 2. The first-order chi connectivity index (χ1) is 12.1. The third kappa shape index (κ3) is 5.94. The molecule has 0 saturated heterocycles. The number of fused-ring (bicyclic) bond motifs is 1. The molecular weight excluding hydrogens is 459 g/mol. The third-order valence-electron chi connectivity index (χ3n) is 3.89. The predicted octanol–water partition coefficient (Wildman–Crippen LogP) is -5.53. The summed E-state index contributed by atoms with van der Waals surface area (Å²) in [6.07, 6.45) is 2.30. The Hall–Kier alpha value is -1.62. The molecule has 2 aromatic carbocycles. The number of pyridine rings is 1. The van der Waals surface area contributed by atoms with Crippen molar-refractivity contribution in [2.45, 2.75) is 13.3 Å². The summed E-state index contributed by atoms with van der Waals surface area (Å²) in [5, 5.41) is 9.51. The number of phenols is 1. The normalized spacial score (nSPS) is 9.34. The van der Waals surface area contributed by atoms with Crippen LogP contribution >= 0.6 is 0 Å². The molecule has 1 aromatic heterocycles. The largest absolute Gasteiger partial charge is 3.00 e. The maximum atomic E-state index is 14.3. The summed E-state index contributed by atoms with van der Waals surface area (Å²) in [4.78, 5) is 15.9. The van der Waals surface area contributed by atoms with Crippen LogP contribution in [-0.4, -0.2) is 41.2 Å². The van der Waals surface area contributed by atoms with Gasteiger partial charge in [-0.3, -0.25) is 4.79 Å². The number of hydrogen-bond donors (Lipinski definition) is 2. The summed E-state index contributed by atoms with van der Waals surface area (Å²) >= 11 is 0. The molecule has 0 aliphatic rings. The maximum Gasteiger partial charge on any atom is 3.00 e. The van der Waals surface area contributed by atoms with E-state index in [4.69, 9.17) is 9.47 Å². The molecule has 0 atom stereocenters. The Morgan fingerprint density at radius 2 is 1.76 bits per heavy atom. The number of rotatable bonds is 5. The number of methoxy groups -OCH3 is 1. The molecule has 154 valence electrons. The van der Waals surface area contributed by atoms with Crippen molar-refractivity contribution in [1.82, 2.24) is 4.98 Å². The van der Waals surface area contributed by atoms with Crippen LogP contribution in [0.1, 0.15) is 13.3 Å². The molecule has 2 N–H and O–H groups in total. The van der Waals surface area contributed by atoms with E-state index in [9.17, 15) is 14.3 Å². The van der Waals surface area contributed by atoms with Gasteiger partial charge in [0.05, 0.1) is 24.6 Å². The van der Waals surface area contributed by atoms with Crippen LogP contribution < -0.4 is 52.1 Å². The summed E-state index contributed by atoms with van der Waals surface area (Å²) in [7, 11) is 1.44. The molecular formula is C19H18AlCl3FNO4. The van der Waals surface area contributed by atoms with Crippen LogP contribution in [0.4, 0.5) is 4.39 Å². The number of ether oxygens (including phenoxy) is 2. The molecule has 0 amide bonds. The number of aromatic hydroxyl groups is 1. The van der Waals surface area contributed by atoms with E-state index in [0.717, 1.165) is 6.42 Å². The number of aromatic amines is 1. The smallest absolute Gasteiger partial charge is 1.00 e. The predicted molar refractivity (Wildman–Crippen MR) is 99.7 cm³/mol. The average Bonchev–Trinajstić information content (AvgIpc) is 2.61. The summed E-state index contributed by atoms with van der Waals surface area (Å²) in [5.74, 6) is 0.141. The zero-order valence-corrected chi connectivity index (χ0v) is 19.1. The van der Waals surface area contributed by atoms with E-state index in [0.29, 0.717) is 29.2 Å². The SMILES string of the molecule is CCCOc1ccc(F)c2c(=O)c(-c3ccc(O)cc3OC)c[nH]c12.[Al+3].[Cl-].[Cl-].[Cl-]. The van der Waals surface area contributed by atoms with Crippen LogP contribution in [0.5, 0.6) is 17.2 Å². The van der Waals surface area contributed by atoms with E-state index in [1.807, 2.05) is 6.92 Å². The average molecular weight is 477 g/mol. The molecule has 0 aliphatic heterocycles. The molecule has 3 rings (SSSR count). The quantitative estimate of drug-likeness (QED) is 0.361. The Bertz CT molecular complexity index is 1000. The second-order valence-corrected chi connectivity index (χ2v) is 5.56. The van der Waals surface area contributed by atoms with E-state index in [1.54, 1.807) is 6.07 Å². The van der Waals surface area contributed by atoms with Gasteiger partial charge in [-0.15, -0.1) is 0 Å². The van der Waals surface area contributed by atoms with Gasteiger partial charge in [0.25, 0.3) is 0 Å². The zero-order chi connectivity index (χ0) is 18.0. The van der Waals surface area contributed by atoms with E-state index >= 15 is 0 Å². The van der Waals surface area contributed by atoms with Crippen LogP contribution in [0.25, 0.3) is 22.0 Å². The molecule has 1 heterocycles. The van der Waals surface area contributed by atoms with Crippen molar-refractivity contribution in [2.24, 2.45) is 0 Å². The van der Waals surface area contributed by atoms with Gasteiger partial charge in [0.15, 0.2) is 5.43 Å². The molecule has 3 aromatic rings. The second kappa shape index (κ2) is 12.8. The van der Waals surface area contributed by atoms with Crippen molar-refractivity contribution in [1.29, 1.82) is 0 Å². The number of nitrogens with one attached hydrogen (secondary N) is 1. The summed E-state index contributed by atoms with van der Waals surface area (Å²) in [5.41, 5.74) is 0.552. The Morgan fingerprint density at radius 1 is 1.07 bits per heavy atom. The van der Waals surface area contributed by atoms with Gasteiger partial charge in [0.2, 0.25) is 0 Å². The zero-order valence-electron chi connectivity index (χ0n) is 15.6. The van der Waals surface area contributed by atoms with Crippen LogP contribution in [0.15, 0.2) is 41.3 Å². The van der Waals surface area contributed by atoms with E-state index in [2.05, 4.69) is 4.98 Å². The molecule has 5 nitrogen and oxygen atoms in total. The van der Waals surface area contributed by atoms with Crippen molar-refractivity contribution in [3.05, 3.63) is 52.6 Å². The standard InChI is InChI=1S/C19H18FNO4.Al.3ClH/c1-3-8-25-15-7-6-14(20)17-18(15)21-10-13(19(17)23)12-5-4-11(22)9-16(12)24-2;;;;/h4-7,9-10,22H,3,8H2,1-2H3,(H,21,23);;3*1H/q;+3;;;/p-3. The van der Waals surface area contributed by atoms with Crippen LogP contribution in [0.3, 0.4) is 0 Å². The van der Waals surface area contributed by atoms with Crippen molar-refractivity contribution >= 4 is 28.3 Å². The van der Waals surface area contributed by atoms with E-state index < -0.39 is 11.2 Å². The van der Waals surface area contributed by atoms with Crippen molar-refractivity contribution < 1.29 is 56.2 Å². The van der Waals surface area contributed by atoms with E-state index in [1.165, 1.54) is 37.6 Å². The molecule has 0 unspecified atom stereocenters. The fourth-order valence-electron chi connectivity index (χ4n) is 2.70. The number of hydrogen-bond acceptors (Lipinski definition) is 4. The maximum absolute atomic E-state index is 14.3. The molecule has 0 saturated carbocycles. The summed E-state index contributed by atoms with van der Waals surface area (Å²) in [6, 6.07) is 7.12. The molecule has 0 spiro atoms. The number of halogens is 4. The summed E-state index contributed by atoms with van der Waals surface area (Å²) < 4.78 is 25.2. The molecule has 29 heavy (non-hydrogen) atoms. The van der Waals surface area contributed by atoms with Gasteiger partial charge in [-0.05, 0) is 30.7 Å². The van der Waals surface area contributed by atoms with Crippen LogP contribution in [-0.2, 0) is 0 Å². The Morgan fingerprint density at radius 3 is 2.38 bits per heavy atom. The van der Waals surface area contributed by atoms with Crippen molar-refractivity contribution in [2.75, 3.05) is 13.7 Å². The molecule has 0 bridgehead atoms. The number of aromatic nitrogens is 1. The summed E-state index contributed by atoms with van der Waals surface area (Å²) in [6.45, 7) is 2.43. The Kier molecular flexibility index (Phi) is 13.1. The molecule has 0 fully saturated rings. The number of phenolic OH excluding ortho intramolecular Hbond substituents is 1. The Labute approximate surface area is 197 Å². The van der Waals surface area contributed by atoms with Gasteiger partial charge in [-0.1, -0.05) is 6.92 Å². The number of H-pyrrole nitrogens is 1. The first-order valence-corrected chi connectivity index (χ1v) is 7.91. The molecule has 0 radical (unpaired) electrons. The van der Waals surface area contributed by atoms with Gasteiger partial charge in [-0.25, -0.2) is 4.39 Å². The minimum Gasteiger partial charge on any atom is -1.00 e. The van der Waals surface area contributed by atoms with Gasteiger partial charge < -0.3 is 56.8 Å². The van der Waals surface area contributed by atoms with Gasteiger partial charge in [-0.2, -0.15) is 0 Å². The third-order valence-corrected chi connectivity index (χ3v) is 3.89.